The quantitative estimate of drug-likeness (QED) is 0.372. The normalized spacial score (nSPS) is 11.8. The van der Waals surface area contributed by atoms with Crippen LogP contribution in [-0.2, 0) is 0 Å². The molecule has 94 valence electrons. The Morgan fingerprint density at radius 2 is 2.17 bits per heavy atom. The first-order valence-corrected chi connectivity index (χ1v) is 5.84. The van der Waals surface area contributed by atoms with E-state index in [0.717, 1.165) is 5.69 Å². The number of oxime groups is 1. The first-order valence-electron chi connectivity index (χ1n) is 5.03. The lowest BCUT2D eigenvalue weighted by molar-refractivity contribution is 0.318. The number of aromatic nitrogens is 3. The highest BCUT2D eigenvalue weighted by Crippen LogP contribution is 2.25. The van der Waals surface area contributed by atoms with Gasteiger partial charge in [-0.2, -0.15) is 0 Å². The van der Waals surface area contributed by atoms with Crippen LogP contribution in [0.1, 0.15) is 17.1 Å². The van der Waals surface area contributed by atoms with Gasteiger partial charge in [-0.1, -0.05) is 5.16 Å². The summed E-state index contributed by atoms with van der Waals surface area (Å²) in [6, 6.07) is 3.41. The van der Waals surface area contributed by atoms with Crippen LogP contribution in [0.4, 0.5) is 0 Å². The molecule has 0 aliphatic rings. The molecule has 0 aromatic carbocycles. The molecule has 18 heavy (non-hydrogen) atoms. The summed E-state index contributed by atoms with van der Waals surface area (Å²) in [5.41, 5.74) is 6.88. The van der Waals surface area contributed by atoms with E-state index < -0.39 is 0 Å². The van der Waals surface area contributed by atoms with E-state index in [1.807, 2.05) is 6.92 Å². The predicted octanol–water partition coefficient (Wildman–Crippen LogP) is 1.33. The lowest BCUT2D eigenvalue weighted by Gasteiger charge is -2.03. The maximum Gasteiger partial charge on any atom is 0.282 e. The molecular formula is C10H11N5O2S. The van der Waals surface area contributed by atoms with Crippen LogP contribution in [-0.4, -0.2) is 26.2 Å². The molecule has 2 heterocycles. The lowest BCUT2D eigenvalue weighted by Crippen LogP contribution is -2.13. The number of amidine groups is 1. The van der Waals surface area contributed by atoms with Gasteiger partial charge >= 0.3 is 0 Å². The summed E-state index contributed by atoms with van der Waals surface area (Å²) in [4.78, 5) is 4.30. The van der Waals surface area contributed by atoms with Crippen molar-refractivity contribution in [2.45, 2.75) is 24.1 Å². The number of aryl methyl sites for hydroxylation is 2. The molecular weight excluding hydrogens is 254 g/mol. The summed E-state index contributed by atoms with van der Waals surface area (Å²) in [6.07, 6.45) is 0. The van der Waals surface area contributed by atoms with E-state index in [4.69, 9.17) is 15.4 Å². The van der Waals surface area contributed by atoms with E-state index in [1.165, 1.54) is 11.8 Å². The van der Waals surface area contributed by atoms with Crippen LogP contribution in [0.2, 0.25) is 0 Å². The molecule has 0 radical (unpaired) electrons. The van der Waals surface area contributed by atoms with Gasteiger partial charge in [0.05, 0.1) is 0 Å². The molecule has 3 N–H and O–H groups in total. The predicted molar refractivity (Wildman–Crippen MR) is 64.6 cm³/mol. The maximum absolute atomic E-state index is 8.66. The first-order chi connectivity index (χ1) is 8.58. The van der Waals surface area contributed by atoms with E-state index in [-0.39, 0.29) is 5.84 Å². The Hall–Kier alpha value is -2.09. The topological polar surface area (TPSA) is 110 Å². The van der Waals surface area contributed by atoms with Crippen LogP contribution >= 0.6 is 11.8 Å². The van der Waals surface area contributed by atoms with Gasteiger partial charge in [0.2, 0.25) is 5.89 Å². The van der Waals surface area contributed by atoms with Crippen molar-refractivity contribution in [3.63, 3.8) is 0 Å². The SMILES string of the molecule is Cc1cc(/C(N)=N/O)cc(Sc2nnc(C)o2)n1. The van der Waals surface area contributed by atoms with Crippen LogP contribution < -0.4 is 5.73 Å². The van der Waals surface area contributed by atoms with Crippen LogP contribution in [0.25, 0.3) is 0 Å². The molecule has 0 aliphatic carbocycles. The van der Waals surface area contributed by atoms with Crippen LogP contribution in [0.3, 0.4) is 0 Å². The fraction of sp³-hybridized carbons (Fsp3) is 0.200. The third kappa shape index (κ3) is 2.77. The Morgan fingerprint density at radius 1 is 1.39 bits per heavy atom. The van der Waals surface area contributed by atoms with Gasteiger partial charge in [-0.05, 0) is 30.8 Å². The number of rotatable bonds is 3. The third-order valence-corrected chi connectivity index (χ3v) is 2.79. The molecule has 0 amide bonds. The second-order valence-corrected chi connectivity index (χ2v) is 4.48. The van der Waals surface area contributed by atoms with Crippen LogP contribution in [0.15, 0.2) is 32.0 Å². The van der Waals surface area contributed by atoms with Crippen molar-refractivity contribution in [1.29, 1.82) is 0 Å². The highest BCUT2D eigenvalue weighted by molar-refractivity contribution is 7.99. The number of nitrogens with zero attached hydrogens (tertiary/aromatic N) is 4. The van der Waals surface area contributed by atoms with Crippen molar-refractivity contribution in [3.05, 3.63) is 29.3 Å². The minimum Gasteiger partial charge on any atom is -0.416 e. The number of pyridine rings is 1. The zero-order valence-corrected chi connectivity index (χ0v) is 10.6. The lowest BCUT2D eigenvalue weighted by atomic mass is 10.2. The zero-order chi connectivity index (χ0) is 13.1. The molecule has 0 saturated heterocycles. The van der Waals surface area contributed by atoms with Gasteiger partial charge in [-0.15, -0.1) is 10.2 Å². The van der Waals surface area contributed by atoms with Crippen molar-refractivity contribution in [3.8, 4) is 0 Å². The van der Waals surface area contributed by atoms with Gasteiger partial charge in [0.15, 0.2) is 5.84 Å². The summed E-state index contributed by atoms with van der Waals surface area (Å²) in [5, 5.41) is 20.2. The Morgan fingerprint density at radius 3 is 2.78 bits per heavy atom. The van der Waals surface area contributed by atoms with Gasteiger partial charge in [-0.3, -0.25) is 0 Å². The molecule has 0 atom stereocenters. The van der Waals surface area contributed by atoms with Gasteiger partial charge in [0.1, 0.15) is 5.03 Å². The second kappa shape index (κ2) is 5.05. The van der Waals surface area contributed by atoms with Crippen molar-refractivity contribution >= 4 is 17.6 Å². The van der Waals surface area contributed by atoms with Crippen molar-refractivity contribution in [2.75, 3.05) is 0 Å². The average Bonchev–Trinajstić information content (AvgIpc) is 2.73. The molecule has 7 nitrogen and oxygen atoms in total. The summed E-state index contributed by atoms with van der Waals surface area (Å²) < 4.78 is 5.24. The fourth-order valence-corrected chi connectivity index (χ4v) is 2.10. The largest absolute Gasteiger partial charge is 0.416 e. The summed E-state index contributed by atoms with van der Waals surface area (Å²) in [5.74, 6) is 0.519. The van der Waals surface area contributed by atoms with E-state index in [1.54, 1.807) is 19.1 Å². The summed E-state index contributed by atoms with van der Waals surface area (Å²) in [7, 11) is 0. The Kier molecular flexibility index (Phi) is 3.47. The summed E-state index contributed by atoms with van der Waals surface area (Å²) in [6.45, 7) is 3.53. The first kappa shape index (κ1) is 12.4. The molecule has 0 bridgehead atoms. The van der Waals surface area contributed by atoms with Gasteiger partial charge in [0.25, 0.3) is 5.22 Å². The number of nitrogens with two attached hydrogens (primary N) is 1. The van der Waals surface area contributed by atoms with Crippen molar-refractivity contribution in [1.82, 2.24) is 15.2 Å². The fourth-order valence-electron chi connectivity index (χ4n) is 1.31. The molecule has 0 unspecified atom stereocenters. The molecule has 0 aliphatic heterocycles. The smallest absolute Gasteiger partial charge is 0.282 e. The molecule has 2 aromatic heterocycles. The minimum absolute atomic E-state index is 0.0315. The monoisotopic (exact) mass is 265 g/mol. The maximum atomic E-state index is 8.66. The van der Waals surface area contributed by atoms with Crippen LogP contribution in [0.5, 0.6) is 0 Å². The standard InChI is InChI=1S/C10H11N5O2S/c1-5-3-7(9(11)15-16)4-8(12-5)18-10-14-13-6(2)17-10/h3-4,16H,1-2H3,(H2,11,15). The Labute approximate surface area is 107 Å². The van der Waals surface area contributed by atoms with E-state index in [9.17, 15) is 0 Å². The van der Waals surface area contributed by atoms with E-state index in [2.05, 4.69) is 20.3 Å². The number of hydrogen-bond donors (Lipinski definition) is 2. The second-order valence-electron chi connectivity index (χ2n) is 3.51. The molecule has 2 aromatic rings. The number of hydrogen-bond acceptors (Lipinski definition) is 7. The average molecular weight is 265 g/mol. The molecule has 0 saturated carbocycles. The Bertz CT molecular complexity index is 596. The summed E-state index contributed by atoms with van der Waals surface area (Å²) >= 11 is 1.22. The van der Waals surface area contributed by atoms with Gasteiger partial charge in [-0.25, -0.2) is 4.98 Å². The highest BCUT2D eigenvalue weighted by Gasteiger charge is 2.09. The van der Waals surface area contributed by atoms with Gasteiger partial charge in [0, 0.05) is 18.2 Å². The van der Waals surface area contributed by atoms with Crippen LogP contribution in [0, 0.1) is 13.8 Å². The van der Waals surface area contributed by atoms with Crippen molar-refractivity contribution < 1.29 is 9.62 Å². The van der Waals surface area contributed by atoms with E-state index in [0.29, 0.717) is 21.7 Å². The van der Waals surface area contributed by atoms with Gasteiger partial charge < -0.3 is 15.4 Å². The highest BCUT2D eigenvalue weighted by atomic mass is 32.2. The van der Waals surface area contributed by atoms with Crippen molar-refractivity contribution in [2.24, 2.45) is 10.9 Å². The molecule has 0 fully saturated rings. The molecule has 2 rings (SSSR count). The Balaban J connectivity index is 2.31. The molecule has 0 spiro atoms. The third-order valence-electron chi connectivity index (χ3n) is 2.03. The minimum atomic E-state index is 0.0315. The van der Waals surface area contributed by atoms with E-state index >= 15 is 0 Å². The zero-order valence-electron chi connectivity index (χ0n) is 9.78. The molecule has 8 heteroatoms.